The maximum absolute atomic E-state index is 4.33. The molecule has 2 heterocycles. The summed E-state index contributed by atoms with van der Waals surface area (Å²) in [5.41, 5.74) is 0. The van der Waals surface area contributed by atoms with E-state index in [0.717, 1.165) is 51.2 Å². The van der Waals surface area contributed by atoms with Crippen LogP contribution < -0.4 is 15.5 Å². The van der Waals surface area contributed by atoms with Crippen molar-refractivity contribution >= 4 is 35.9 Å². The highest BCUT2D eigenvalue weighted by Gasteiger charge is 2.18. The highest BCUT2D eigenvalue weighted by Crippen LogP contribution is 2.09. The topological polar surface area (TPSA) is 68.7 Å². The number of aromatic nitrogens is 2. The van der Waals surface area contributed by atoms with Crippen LogP contribution in [0.2, 0.25) is 0 Å². The number of hydrogen-bond acceptors (Lipinski definition) is 5. The standard InChI is InChI=1S/C17H31N7.HI/c1-14(2)15(3)22-16(18-4)19-8-9-23-10-12-24(13-11-23)17-20-6-5-7-21-17;/h5-7,14-15H,8-13H2,1-4H3,(H2,18,19,22);1H. The predicted molar refractivity (Wildman–Crippen MR) is 115 cm³/mol. The summed E-state index contributed by atoms with van der Waals surface area (Å²) in [5.74, 6) is 2.30. The number of anilines is 1. The highest BCUT2D eigenvalue weighted by atomic mass is 127. The molecule has 7 nitrogen and oxygen atoms in total. The molecule has 0 spiro atoms. The maximum Gasteiger partial charge on any atom is 0.225 e. The maximum atomic E-state index is 4.33. The fourth-order valence-electron chi connectivity index (χ4n) is 2.54. The van der Waals surface area contributed by atoms with Gasteiger partial charge < -0.3 is 15.5 Å². The summed E-state index contributed by atoms with van der Waals surface area (Å²) in [4.78, 5) is 17.7. The summed E-state index contributed by atoms with van der Waals surface area (Å²) >= 11 is 0. The molecule has 0 radical (unpaired) electrons. The first-order chi connectivity index (χ1) is 11.6. The van der Waals surface area contributed by atoms with Gasteiger partial charge in [0.05, 0.1) is 0 Å². The van der Waals surface area contributed by atoms with Crippen molar-refractivity contribution in [1.82, 2.24) is 25.5 Å². The monoisotopic (exact) mass is 461 g/mol. The Hall–Kier alpha value is -1.16. The van der Waals surface area contributed by atoms with Crippen LogP contribution in [0.5, 0.6) is 0 Å². The Kier molecular flexibility index (Phi) is 10.0. The van der Waals surface area contributed by atoms with Gasteiger partial charge in [-0.3, -0.25) is 9.89 Å². The van der Waals surface area contributed by atoms with E-state index in [1.54, 1.807) is 12.4 Å². The number of halogens is 1. The first-order valence-electron chi connectivity index (χ1n) is 8.81. The molecule has 1 saturated heterocycles. The first kappa shape index (κ1) is 21.9. The average molecular weight is 461 g/mol. The van der Waals surface area contributed by atoms with Crippen LogP contribution in [0.15, 0.2) is 23.5 Å². The van der Waals surface area contributed by atoms with Gasteiger partial charge in [0.15, 0.2) is 5.96 Å². The van der Waals surface area contributed by atoms with Gasteiger partial charge in [-0.25, -0.2) is 9.97 Å². The molecule has 0 bridgehead atoms. The number of rotatable bonds is 6. The summed E-state index contributed by atoms with van der Waals surface area (Å²) in [6.45, 7) is 12.5. The van der Waals surface area contributed by atoms with Crippen molar-refractivity contribution in [3.8, 4) is 0 Å². The van der Waals surface area contributed by atoms with E-state index >= 15 is 0 Å². The normalized spacial score (nSPS) is 17.2. The SMILES string of the molecule is CN=C(NCCN1CCN(c2ncccn2)CC1)NC(C)C(C)C.I. The fraction of sp³-hybridized carbons (Fsp3) is 0.706. The van der Waals surface area contributed by atoms with Gasteiger partial charge in [0.25, 0.3) is 0 Å². The van der Waals surface area contributed by atoms with Gasteiger partial charge in [-0.2, -0.15) is 0 Å². The molecule has 1 aromatic heterocycles. The third kappa shape index (κ3) is 7.31. The van der Waals surface area contributed by atoms with E-state index in [1.165, 1.54) is 0 Å². The minimum Gasteiger partial charge on any atom is -0.355 e. The number of nitrogens with zero attached hydrogens (tertiary/aromatic N) is 5. The van der Waals surface area contributed by atoms with E-state index in [-0.39, 0.29) is 24.0 Å². The van der Waals surface area contributed by atoms with Crippen molar-refractivity contribution in [3.63, 3.8) is 0 Å². The zero-order chi connectivity index (χ0) is 17.4. The Morgan fingerprint density at radius 3 is 2.36 bits per heavy atom. The van der Waals surface area contributed by atoms with E-state index in [9.17, 15) is 0 Å². The molecule has 1 aliphatic rings. The molecule has 0 aliphatic carbocycles. The van der Waals surface area contributed by atoms with Crippen LogP contribution in [0.4, 0.5) is 5.95 Å². The molecule has 25 heavy (non-hydrogen) atoms. The van der Waals surface area contributed by atoms with Crippen molar-refractivity contribution < 1.29 is 0 Å². The minimum absolute atomic E-state index is 0. The fourth-order valence-corrected chi connectivity index (χ4v) is 2.54. The van der Waals surface area contributed by atoms with E-state index in [1.807, 2.05) is 13.1 Å². The third-order valence-corrected chi connectivity index (χ3v) is 4.52. The summed E-state index contributed by atoms with van der Waals surface area (Å²) in [6.07, 6.45) is 3.60. The van der Waals surface area contributed by atoms with E-state index in [2.05, 4.69) is 56.2 Å². The molecule has 1 atom stereocenters. The van der Waals surface area contributed by atoms with Gasteiger partial charge in [-0.15, -0.1) is 24.0 Å². The summed E-state index contributed by atoms with van der Waals surface area (Å²) < 4.78 is 0. The quantitative estimate of drug-likeness (QED) is 0.380. The molecule has 2 rings (SSSR count). The molecule has 1 unspecified atom stereocenters. The Morgan fingerprint density at radius 1 is 1.16 bits per heavy atom. The highest BCUT2D eigenvalue weighted by molar-refractivity contribution is 14.0. The van der Waals surface area contributed by atoms with Gasteiger partial charge in [-0.05, 0) is 18.9 Å². The van der Waals surface area contributed by atoms with Crippen LogP contribution in [0.1, 0.15) is 20.8 Å². The molecule has 142 valence electrons. The van der Waals surface area contributed by atoms with Crippen LogP contribution in [-0.4, -0.2) is 73.2 Å². The van der Waals surface area contributed by atoms with Crippen LogP contribution in [0.25, 0.3) is 0 Å². The lowest BCUT2D eigenvalue weighted by Crippen LogP contribution is -2.50. The molecule has 2 N–H and O–H groups in total. The summed E-state index contributed by atoms with van der Waals surface area (Å²) in [5, 5.41) is 6.83. The van der Waals surface area contributed by atoms with Crippen LogP contribution >= 0.6 is 24.0 Å². The van der Waals surface area contributed by atoms with Crippen molar-refractivity contribution in [2.75, 3.05) is 51.2 Å². The van der Waals surface area contributed by atoms with E-state index < -0.39 is 0 Å². The first-order valence-corrected chi connectivity index (χ1v) is 8.81. The average Bonchev–Trinajstić information content (AvgIpc) is 2.62. The number of hydrogen-bond donors (Lipinski definition) is 2. The van der Waals surface area contributed by atoms with Crippen molar-refractivity contribution in [1.29, 1.82) is 0 Å². The van der Waals surface area contributed by atoms with Crippen LogP contribution in [0, 0.1) is 5.92 Å². The molecular weight excluding hydrogens is 429 g/mol. The number of nitrogens with one attached hydrogen (secondary N) is 2. The number of aliphatic imine (C=N–C) groups is 1. The number of guanidine groups is 1. The summed E-state index contributed by atoms with van der Waals surface area (Å²) in [6, 6.07) is 2.26. The predicted octanol–water partition coefficient (Wildman–Crippen LogP) is 1.43. The lowest BCUT2D eigenvalue weighted by atomic mass is 10.1. The lowest BCUT2D eigenvalue weighted by Gasteiger charge is -2.34. The van der Waals surface area contributed by atoms with Crippen molar-refractivity contribution in [2.45, 2.75) is 26.8 Å². The van der Waals surface area contributed by atoms with Crippen LogP contribution in [-0.2, 0) is 0 Å². The molecule has 8 heteroatoms. The van der Waals surface area contributed by atoms with Gasteiger partial charge in [-0.1, -0.05) is 13.8 Å². The number of piperazine rings is 1. The second kappa shape index (κ2) is 11.5. The molecule has 1 aliphatic heterocycles. The smallest absolute Gasteiger partial charge is 0.225 e. The summed E-state index contributed by atoms with van der Waals surface area (Å²) in [7, 11) is 1.82. The van der Waals surface area contributed by atoms with Gasteiger partial charge in [0.1, 0.15) is 0 Å². The van der Waals surface area contributed by atoms with E-state index in [4.69, 9.17) is 0 Å². The van der Waals surface area contributed by atoms with E-state index in [0.29, 0.717) is 12.0 Å². The zero-order valence-corrected chi connectivity index (χ0v) is 18.1. The minimum atomic E-state index is 0. The molecule has 0 amide bonds. The van der Waals surface area contributed by atoms with Crippen molar-refractivity contribution in [3.05, 3.63) is 18.5 Å². The molecule has 1 fully saturated rings. The lowest BCUT2D eigenvalue weighted by molar-refractivity contribution is 0.260. The molecule has 0 saturated carbocycles. The van der Waals surface area contributed by atoms with Gasteiger partial charge in [0.2, 0.25) is 5.95 Å². The largest absolute Gasteiger partial charge is 0.355 e. The zero-order valence-electron chi connectivity index (χ0n) is 15.8. The molecule has 1 aromatic rings. The third-order valence-electron chi connectivity index (χ3n) is 4.52. The Balaban J connectivity index is 0.00000312. The van der Waals surface area contributed by atoms with Crippen molar-refractivity contribution in [2.24, 2.45) is 10.9 Å². The molecular formula is C17H32IN7. The molecule has 0 aromatic carbocycles. The Labute approximate surface area is 168 Å². The van der Waals surface area contributed by atoms with Gasteiger partial charge in [0, 0.05) is 64.8 Å². The van der Waals surface area contributed by atoms with Crippen LogP contribution in [0.3, 0.4) is 0 Å². The van der Waals surface area contributed by atoms with Gasteiger partial charge >= 0.3 is 0 Å². The Morgan fingerprint density at radius 2 is 1.80 bits per heavy atom. The Bertz CT molecular complexity index is 501. The second-order valence-corrected chi connectivity index (χ2v) is 6.55. The second-order valence-electron chi connectivity index (χ2n) is 6.55.